The van der Waals surface area contributed by atoms with Crippen molar-refractivity contribution in [3.63, 3.8) is 0 Å². The molecule has 51 heavy (non-hydrogen) atoms. The van der Waals surface area contributed by atoms with Crippen molar-refractivity contribution in [2.75, 3.05) is 0 Å². The van der Waals surface area contributed by atoms with Crippen molar-refractivity contribution in [3.8, 4) is 48.8 Å². The molecular weight excluding hydrogens is 773 g/mol. The summed E-state index contributed by atoms with van der Waals surface area (Å²) in [6.45, 7) is 7.95. The van der Waals surface area contributed by atoms with E-state index in [-0.39, 0.29) is 0 Å². The van der Waals surface area contributed by atoms with E-state index >= 15 is 0 Å². The molecule has 2 N–H and O–H groups in total. The Morgan fingerprint density at radius 3 is 1.08 bits per heavy atom. The topological polar surface area (TPSA) is 40.5 Å². The van der Waals surface area contributed by atoms with Gasteiger partial charge in [0.05, 0.1) is 15.2 Å². The number of hydrogen-bond acceptors (Lipinski definition) is 8. The van der Waals surface area contributed by atoms with Crippen LogP contribution >= 0.6 is 68.0 Å². The first-order valence-corrected chi connectivity index (χ1v) is 27.6. The zero-order chi connectivity index (χ0) is 35.1. The van der Waals surface area contributed by atoms with E-state index in [1.807, 2.05) is 71.5 Å². The summed E-state index contributed by atoms with van der Waals surface area (Å²) in [5, 5.41) is 0. The van der Waals surface area contributed by atoms with Gasteiger partial charge in [-0.2, -0.15) is 0 Å². The summed E-state index contributed by atoms with van der Waals surface area (Å²) < 4.78 is 2.24. The second kappa shape index (κ2) is 12.6. The average molecular weight is 807 g/mol. The quantitative estimate of drug-likeness (QED) is 0.150. The molecule has 254 valence electrons. The molecule has 1 aliphatic carbocycles. The van der Waals surface area contributed by atoms with Gasteiger partial charge in [-0.15, -0.1) is 68.0 Å². The van der Waals surface area contributed by atoms with Crippen molar-refractivity contribution in [2.45, 2.75) is 31.6 Å². The molecule has 1 aliphatic rings. The fraction of sp³-hybridized carbons (Fsp3) is 0.122. The van der Waals surface area contributed by atoms with Gasteiger partial charge in [0.25, 0.3) is 0 Å². The van der Waals surface area contributed by atoms with E-state index in [1.165, 1.54) is 71.0 Å². The molecule has 9 rings (SSSR count). The second-order valence-corrected chi connectivity index (χ2v) is 28.4. The van der Waals surface area contributed by atoms with Crippen LogP contribution in [-0.4, -0.2) is 26.2 Å². The average Bonchev–Trinajstić information content (AvgIpc) is 3.95. The van der Waals surface area contributed by atoms with Crippen molar-refractivity contribution in [1.29, 1.82) is 0 Å². The summed E-state index contributed by atoms with van der Waals surface area (Å²) in [7, 11) is -4.69. The van der Waals surface area contributed by atoms with E-state index in [9.17, 15) is 9.59 Å². The van der Waals surface area contributed by atoms with Crippen molar-refractivity contribution >= 4 is 93.7 Å². The number of benzene rings is 2. The highest BCUT2D eigenvalue weighted by atomic mass is 32.1. The first-order chi connectivity index (χ1) is 24.5. The fourth-order valence-corrected chi connectivity index (χ4v) is 17.1. The third-order valence-corrected chi connectivity index (χ3v) is 23.0. The minimum atomic E-state index is -2.34. The van der Waals surface area contributed by atoms with Gasteiger partial charge < -0.3 is 9.59 Å². The molecule has 0 fully saturated rings. The van der Waals surface area contributed by atoms with Gasteiger partial charge in [0, 0.05) is 48.0 Å². The molecule has 0 saturated carbocycles. The lowest BCUT2D eigenvalue weighted by Crippen LogP contribution is -2.38. The Labute approximate surface area is 324 Å². The number of rotatable bonds is 8. The van der Waals surface area contributed by atoms with E-state index < -0.39 is 22.0 Å². The molecular formula is C41H34O2S6Si2. The van der Waals surface area contributed by atoms with Crippen LogP contribution in [0.3, 0.4) is 0 Å². The largest absolute Gasteiger partial charge is 0.427 e. The van der Waals surface area contributed by atoms with Crippen molar-refractivity contribution < 1.29 is 9.59 Å². The second-order valence-electron chi connectivity index (χ2n) is 14.0. The fourth-order valence-electron chi connectivity index (χ4n) is 7.03. The van der Waals surface area contributed by atoms with Gasteiger partial charge in [-0.3, -0.25) is 0 Å². The van der Waals surface area contributed by atoms with Crippen LogP contribution in [0.2, 0.25) is 26.2 Å². The van der Waals surface area contributed by atoms with Gasteiger partial charge in [-0.1, -0.05) is 60.7 Å². The predicted molar refractivity (Wildman–Crippen MR) is 231 cm³/mol. The number of fused-ring (bicyclic) bond motifs is 3. The van der Waals surface area contributed by atoms with E-state index in [1.54, 1.807) is 22.7 Å². The highest BCUT2D eigenvalue weighted by molar-refractivity contribution is 7.33. The normalized spacial score (nSPS) is 13.8. The molecule has 6 heterocycles. The number of hydrogen-bond donors (Lipinski definition) is 2. The summed E-state index contributed by atoms with van der Waals surface area (Å²) in [4.78, 5) is 34.3. The first kappa shape index (κ1) is 33.8. The van der Waals surface area contributed by atoms with Crippen LogP contribution in [0.5, 0.6) is 0 Å². The summed E-state index contributed by atoms with van der Waals surface area (Å²) in [5.74, 6) is 0. The van der Waals surface area contributed by atoms with Crippen LogP contribution in [0.15, 0.2) is 121 Å². The lowest BCUT2D eigenvalue weighted by Gasteiger charge is -2.32. The summed E-state index contributed by atoms with van der Waals surface area (Å²) in [5.41, 5.74) is 4.86. The molecule has 6 aromatic heterocycles. The third kappa shape index (κ3) is 5.72. The molecule has 0 saturated heterocycles. The monoisotopic (exact) mass is 806 g/mol. The zero-order valence-electron chi connectivity index (χ0n) is 28.4. The standard InChI is InChI=1S/C41H34O2S6Si2/c1-50(2,42)37-21-19-31(46-37)29-15-17-33(44-29)35-23-27-39(48-35)40-28(41(27,25-11-7-5-8-12-25)26-13-9-6-10-14-26)24-36(49-40)34-18-16-30(45-34)32-20-22-38(47-32)51(3,4)43/h5-24,42-43H,1-4H3. The molecule has 2 aromatic carbocycles. The van der Waals surface area contributed by atoms with Gasteiger partial charge in [0.2, 0.25) is 16.6 Å². The molecule has 10 heteroatoms. The van der Waals surface area contributed by atoms with Crippen LogP contribution in [0.4, 0.5) is 0 Å². The third-order valence-electron chi connectivity index (χ3n) is 9.49. The first-order valence-electron chi connectivity index (χ1n) is 16.8. The SMILES string of the molecule is C[Si](C)(O)c1ccc(-c2ccc(-c3cc4c(s3)-c3sc(-c5ccc(-c6ccc([Si](C)(C)O)s6)s5)cc3C4(c3ccccc3)c3ccccc3)s2)s1. The van der Waals surface area contributed by atoms with E-state index in [0.29, 0.717) is 0 Å². The maximum absolute atomic E-state index is 10.7. The zero-order valence-corrected chi connectivity index (χ0v) is 35.3. The highest BCUT2D eigenvalue weighted by Gasteiger charge is 2.49. The van der Waals surface area contributed by atoms with Crippen LogP contribution in [0.1, 0.15) is 22.3 Å². The molecule has 0 atom stereocenters. The molecule has 0 unspecified atom stereocenters. The Balaban J connectivity index is 1.19. The van der Waals surface area contributed by atoms with Crippen LogP contribution < -0.4 is 9.00 Å². The maximum Gasteiger partial charge on any atom is 0.224 e. The predicted octanol–water partition coefficient (Wildman–Crippen LogP) is 11.9. The molecule has 0 spiro atoms. The maximum atomic E-state index is 10.7. The van der Waals surface area contributed by atoms with E-state index in [4.69, 9.17) is 0 Å². The van der Waals surface area contributed by atoms with Crippen molar-refractivity contribution in [3.05, 3.63) is 144 Å². The van der Waals surface area contributed by atoms with E-state index in [2.05, 4.69) is 121 Å². The molecule has 0 amide bonds. The lowest BCUT2D eigenvalue weighted by molar-refractivity contribution is 0.568. The van der Waals surface area contributed by atoms with Crippen molar-refractivity contribution in [2.24, 2.45) is 0 Å². The van der Waals surface area contributed by atoms with Gasteiger partial charge in [0.15, 0.2) is 0 Å². The Kier molecular flexibility index (Phi) is 8.32. The van der Waals surface area contributed by atoms with Crippen molar-refractivity contribution in [1.82, 2.24) is 0 Å². The summed E-state index contributed by atoms with van der Waals surface area (Å²) >= 11 is 11.0. The Morgan fingerprint density at radius 1 is 0.392 bits per heavy atom. The van der Waals surface area contributed by atoms with Gasteiger partial charge in [0.1, 0.15) is 0 Å². The van der Waals surface area contributed by atoms with Gasteiger partial charge in [-0.05, 0) is 109 Å². The molecule has 2 nitrogen and oxygen atoms in total. The highest BCUT2D eigenvalue weighted by Crippen LogP contribution is 2.63. The van der Waals surface area contributed by atoms with Gasteiger partial charge in [-0.25, -0.2) is 0 Å². The number of thiophene rings is 6. The minimum absolute atomic E-state index is 0.434. The molecule has 0 bridgehead atoms. The minimum Gasteiger partial charge on any atom is -0.427 e. The summed E-state index contributed by atoms with van der Waals surface area (Å²) in [6.07, 6.45) is 0. The molecule has 0 aliphatic heterocycles. The Bertz CT molecular complexity index is 2340. The lowest BCUT2D eigenvalue weighted by atomic mass is 9.68. The Hall–Kier alpha value is -3.01. The Morgan fingerprint density at radius 2 is 0.725 bits per heavy atom. The smallest absolute Gasteiger partial charge is 0.224 e. The van der Waals surface area contributed by atoms with Crippen LogP contribution in [0.25, 0.3) is 48.8 Å². The molecule has 8 aromatic rings. The van der Waals surface area contributed by atoms with Gasteiger partial charge >= 0.3 is 0 Å². The molecule has 0 radical (unpaired) electrons. The van der Waals surface area contributed by atoms with Crippen LogP contribution in [-0.2, 0) is 5.41 Å². The van der Waals surface area contributed by atoms with E-state index in [0.717, 1.165) is 9.00 Å². The summed E-state index contributed by atoms with van der Waals surface area (Å²) in [6, 6.07) is 44.7. The van der Waals surface area contributed by atoms with Crippen LogP contribution in [0, 0.1) is 0 Å².